The first-order valence-electron chi connectivity index (χ1n) is 3.97. The van der Waals surface area contributed by atoms with Crippen LogP contribution in [0.5, 0.6) is 0 Å². The molecule has 0 amide bonds. The van der Waals surface area contributed by atoms with Crippen molar-refractivity contribution < 1.29 is 22.0 Å². The van der Waals surface area contributed by atoms with Gasteiger partial charge in [-0.3, -0.25) is 4.98 Å². The molecule has 0 aliphatic carbocycles. The van der Waals surface area contributed by atoms with Crippen LogP contribution in [0.1, 0.15) is 23.2 Å². The van der Waals surface area contributed by atoms with E-state index < -0.39 is 29.4 Å². The molecule has 0 fully saturated rings. The Morgan fingerprint density at radius 1 is 1.38 bits per heavy atom. The van der Waals surface area contributed by atoms with E-state index in [4.69, 9.17) is 17.3 Å². The van der Waals surface area contributed by atoms with Gasteiger partial charge in [-0.15, -0.1) is 11.6 Å². The van der Waals surface area contributed by atoms with Crippen molar-refractivity contribution in [1.82, 2.24) is 4.98 Å². The van der Waals surface area contributed by atoms with Crippen molar-refractivity contribution in [1.29, 1.82) is 0 Å². The third kappa shape index (κ3) is 2.34. The van der Waals surface area contributed by atoms with Crippen LogP contribution in [0.25, 0.3) is 0 Å². The van der Waals surface area contributed by atoms with E-state index >= 15 is 0 Å². The summed E-state index contributed by atoms with van der Waals surface area (Å²) in [6, 6.07) is 0. The summed E-state index contributed by atoms with van der Waals surface area (Å²) in [6.45, 7) is 0. The number of nitrogens with zero attached hydrogens (tertiary/aromatic N) is 1. The summed E-state index contributed by atoms with van der Waals surface area (Å²) in [5.41, 5.74) is 1.21. The highest BCUT2D eigenvalue weighted by molar-refractivity contribution is 6.17. The average Bonchev–Trinajstić information content (AvgIpc) is 2.14. The molecular weight excluding hydrogens is 255 g/mol. The summed E-state index contributed by atoms with van der Waals surface area (Å²) in [5, 5.41) is 0. The highest BCUT2D eigenvalue weighted by Crippen LogP contribution is 2.40. The lowest BCUT2D eigenvalue weighted by atomic mass is 10.1. The number of pyridine rings is 1. The third-order valence-electron chi connectivity index (χ3n) is 1.87. The topological polar surface area (TPSA) is 38.9 Å². The van der Waals surface area contributed by atoms with E-state index in [9.17, 15) is 22.0 Å². The summed E-state index contributed by atoms with van der Waals surface area (Å²) in [7, 11) is 0. The zero-order valence-corrected chi connectivity index (χ0v) is 8.41. The van der Waals surface area contributed by atoms with Crippen LogP contribution in [0.15, 0.2) is 6.20 Å². The first-order valence-corrected chi connectivity index (χ1v) is 4.51. The number of alkyl halides is 6. The van der Waals surface area contributed by atoms with Crippen molar-refractivity contribution >= 4 is 17.3 Å². The van der Waals surface area contributed by atoms with Crippen LogP contribution in [0.3, 0.4) is 0 Å². The number of aromatic nitrogens is 1. The zero-order valence-electron chi connectivity index (χ0n) is 7.65. The molecule has 1 aromatic heterocycles. The first kappa shape index (κ1) is 13.0. The van der Waals surface area contributed by atoms with E-state index in [1.54, 1.807) is 0 Å². The van der Waals surface area contributed by atoms with Crippen LogP contribution in [0.2, 0.25) is 0 Å². The second-order valence-electron chi connectivity index (χ2n) is 2.88. The van der Waals surface area contributed by atoms with Crippen LogP contribution in [0.4, 0.5) is 27.6 Å². The van der Waals surface area contributed by atoms with E-state index in [2.05, 4.69) is 4.98 Å². The van der Waals surface area contributed by atoms with Crippen molar-refractivity contribution in [3.05, 3.63) is 23.0 Å². The van der Waals surface area contributed by atoms with Crippen molar-refractivity contribution in [3.63, 3.8) is 0 Å². The Morgan fingerprint density at radius 3 is 2.31 bits per heavy atom. The van der Waals surface area contributed by atoms with E-state index in [1.165, 1.54) is 0 Å². The smallest absolute Gasteiger partial charge is 0.397 e. The fraction of sp³-hybridized carbons (Fsp3) is 0.375. The molecule has 0 spiro atoms. The van der Waals surface area contributed by atoms with E-state index in [1.807, 2.05) is 0 Å². The summed E-state index contributed by atoms with van der Waals surface area (Å²) < 4.78 is 62.2. The van der Waals surface area contributed by atoms with Gasteiger partial charge in [0.05, 0.1) is 28.4 Å². The molecule has 0 unspecified atom stereocenters. The molecule has 1 rings (SSSR count). The van der Waals surface area contributed by atoms with Crippen molar-refractivity contribution in [2.75, 3.05) is 5.73 Å². The summed E-state index contributed by atoms with van der Waals surface area (Å²) in [6.07, 6.45) is -7.81. The minimum absolute atomic E-state index is 0.265. The lowest BCUT2D eigenvalue weighted by Crippen LogP contribution is -2.15. The molecule has 90 valence electrons. The normalized spacial score (nSPS) is 12.2. The standard InChI is InChI=1S/C8H6ClF5N2/c9-1-4-6(15)5(8(12,13)14)3(2-16-4)7(10)11/h2,7H,1,15H2. The summed E-state index contributed by atoms with van der Waals surface area (Å²) in [5.74, 6) is -0.377. The first-order chi connectivity index (χ1) is 7.29. The Labute approximate surface area is 92.2 Å². The maximum Gasteiger partial charge on any atom is 0.418 e. The van der Waals surface area contributed by atoms with Crippen LogP contribution >= 0.6 is 11.6 Å². The SMILES string of the molecule is Nc1c(CCl)ncc(C(F)F)c1C(F)(F)F. The largest absolute Gasteiger partial charge is 0.418 e. The fourth-order valence-electron chi connectivity index (χ4n) is 1.17. The van der Waals surface area contributed by atoms with E-state index in [-0.39, 0.29) is 11.6 Å². The maximum absolute atomic E-state index is 12.5. The Kier molecular flexibility index (Phi) is 3.57. The Morgan fingerprint density at radius 2 is 1.94 bits per heavy atom. The van der Waals surface area contributed by atoms with Crippen LogP contribution in [-0.2, 0) is 12.1 Å². The highest BCUT2D eigenvalue weighted by atomic mass is 35.5. The molecule has 0 radical (unpaired) electrons. The van der Waals surface area contributed by atoms with E-state index in [0.29, 0.717) is 6.20 Å². The third-order valence-corrected chi connectivity index (χ3v) is 2.13. The van der Waals surface area contributed by atoms with Gasteiger partial charge in [0.2, 0.25) is 0 Å². The number of nitrogens with two attached hydrogens (primary N) is 1. The molecule has 8 heteroatoms. The predicted octanol–water partition coefficient (Wildman–Crippen LogP) is 3.36. The van der Waals surface area contributed by atoms with Crippen molar-refractivity contribution in [2.24, 2.45) is 0 Å². The van der Waals surface area contributed by atoms with Crippen LogP contribution in [-0.4, -0.2) is 4.98 Å². The van der Waals surface area contributed by atoms with Crippen LogP contribution in [0, 0.1) is 0 Å². The van der Waals surface area contributed by atoms with Gasteiger partial charge in [-0.2, -0.15) is 13.2 Å². The lowest BCUT2D eigenvalue weighted by Gasteiger charge is -2.16. The van der Waals surface area contributed by atoms with Gasteiger partial charge >= 0.3 is 6.18 Å². The van der Waals surface area contributed by atoms with Gasteiger partial charge in [0.25, 0.3) is 6.43 Å². The molecule has 0 aliphatic heterocycles. The fourth-order valence-corrected chi connectivity index (χ4v) is 1.38. The molecule has 1 heterocycles. The average molecular weight is 261 g/mol. The second kappa shape index (κ2) is 4.40. The molecule has 0 bridgehead atoms. The minimum Gasteiger partial charge on any atom is -0.397 e. The molecule has 0 atom stereocenters. The van der Waals surface area contributed by atoms with Gasteiger partial charge in [0.1, 0.15) is 0 Å². The van der Waals surface area contributed by atoms with Crippen molar-refractivity contribution in [2.45, 2.75) is 18.5 Å². The quantitative estimate of drug-likeness (QED) is 0.654. The van der Waals surface area contributed by atoms with Crippen LogP contribution < -0.4 is 5.73 Å². The van der Waals surface area contributed by atoms with Gasteiger partial charge in [-0.25, -0.2) is 8.78 Å². The zero-order chi connectivity index (χ0) is 12.5. The Hall–Kier alpha value is -1.11. The second-order valence-corrected chi connectivity index (χ2v) is 3.15. The molecule has 16 heavy (non-hydrogen) atoms. The summed E-state index contributed by atoms with van der Waals surface area (Å²) >= 11 is 5.29. The maximum atomic E-state index is 12.5. The number of nitrogen functional groups attached to an aromatic ring is 1. The molecular formula is C8H6ClF5N2. The molecule has 0 saturated carbocycles. The molecule has 0 saturated heterocycles. The number of rotatable bonds is 2. The molecule has 1 aromatic rings. The van der Waals surface area contributed by atoms with Gasteiger partial charge in [0, 0.05) is 6.20 Å². The van der Waals surface area contributed by atoms with Gasteiger partial charge < -0.3 is 5.73 Å². The van der Waals surface area contributed by atoms with Gasteiger partial charge in [0.15, 0.2) is 0 Å². The van der Waals surface area contributed by atoms with Gasteiger partial charge in [-0.05, 0) is 0 Å². The Balaban J connectivity index is 3.50. The number of anilines is 1. The number of hydrogen-bond acceptors (Lipinski definition) is 2. The Bertz CT molecular complexity index is 391. The molecule has 2 nitrogen and oxygen atoms in total. The molecule has 0 aliphatic rings. The highest BCUT2D eigenvalue weighted by Gasteiger charge is 2.39. The molecule has 0 aromatic carbocycles. The number of halogens is 6. The predicted molar refractivity (Wildman–Crippen MR) is 48.2 cm³/mol. The minimum atomic E-state index is -4.96. The summed E-state index contributed by atoms with van der Waals surface area (Å²) in [4.78, 5) is 3.36. The van der Waals surface area contributed by atoms with Crippen molar-refractivity contribution in [3.8, 4) is 0 Å². The lowest BCUT2D eigenvalue weighted by molar-refractivity contribution is -0.138. The van der Waals surface area contributed by atoms with Gasteiger partial charge in [-0.1, -0.05) is 0 Å². The monoisotopic (exact) mass is 260 g/mol. The molecule has 2 N–H and O–H groups in total. The van der Waals surface area contributed by atoms with E-state index in [0.717, 1.165) is 0 Å². The number of hydrogen-bond donors (Lipinski definition) is 1.